The summed E-state index contributed by atoms with van der Waals surface area (Å²) in [6.07, 6.45) is 11.1. The lowest BCUT2D eigenvalue weighted by Crippen LogP contribution is -2.51. The number of alkyl halides is 2. The Morgan fingerprint density at radius 1 is 0.959 bits per heavy atom. The van der Waals surface area contributed by atoms with Crippen LogP contribution in [0.1, 0.15) is 56.9 Å². The van der Waals surface area contributed by atoms with Gasteiger partial charge in [0.25, 0.3) is 5.92 Å². The van der Waals surface area contributed by atoms with Gasteiger partial charge < -0.3 is 20.1 Å². The number of phenolic OH excluding ortho intramolecular Hbond substituents is 1. The molecule has 4 unspecified atom stereocenters. The van der Waals surface area contributed by atoms with Gasteiger partial charge in [0.15, 0.2) is 5.82 Å². The molecule has 0 radical (unpaired) electrons. The van der Waals surface area contributed by atoms with E-state index in [2.05, 4.69) is 26.0 Å². The number of hydrogen-bond acceptors (Lipinski definition) is 7. The van der Waals surface area contributed by atoms with Gasteiger partial charge in [-0.3, -0.25) is 4.90 Å². The highest BCUT2D eigenvalue weighted by molar-refractivity contribution is 6.04. The van der Waals surface area contributed by atoms with Crippen molar-refractivity contribution in [2.24, 2.45) is 5.41 Å². The maximum Gasteiger partial charge on any atom is 0.319 e. The first kappa shape index (κ1) is 30.9. The van der Waals surface area contributed by atoms with Crippen LogP contribution in [0.2, 0.25) is 0 Å². The van der Waals surface area contributed by atoms with E-state index in [1.807, 2.05) is 0 Å². The molecule has 4 aromatic rings. The summed E-state index contributed by atoms with van der Waals surface area (Å²) in [6.45, 7) is 2.41. The number of rotatable bonds is 7. The zero-order valence-corrected chi connectivity index (χ0v) is 27.0. The van der Waals surface area contributed by atoms with Gasteiger partial charge in [-0.25, -0.2) is 17.6 Å². The summed E-state index contributed by atoms with van der Waals surface area (Å²) in [4.78, 5) is 14.0. The molecule has 0 spiro atoms. The zero-order valence-electron chi connectivity index (χ0n) is 27.0. The molecule has 49 heavy (non-hydrogen) atoms. The van der Waals surface area contributed by atoms with E-state index < -0.39 is 17.6 Å². The lowest BCUT2D eigenvalue weighted by molar-refractivity contribution is -0.0876. The molecule has 11 heteroatoms. The van der Waals surface area contributed by atoms with Gasteiger partial charge in [0.2, 0.25) is 0 Å². The Labute approximate surface area is 281 Å². The smallest absolute Gasteiger partial charge is 0.319 e. The predicted molar refractivity (Wildman–Crippen MR) is 179 cm³/mol. The van der Waals surface area contributed by atoms with Crippen molar-refractivity contribution in [3.05, 3.63) is 53.6 Å². The Bertz CT molecular complexity index is 2020. The average molecular weight is 672 g/mol. The number of aromatic nitrogens is 2. The minimum absolute atomic E-state index is 0.0173. The second-order valence-electron chi connectivity index (χ2n) is 15.0. The third-order valence-electron chi connectivity index (χ3n) is 11.6. The molecule has 1 aromatic heterocycles. The third-order valence-corrected chi connectivity index (χ3v) is 11.6. The van der Waals surface area contributed by atoms with Crippen LogP contribution >= 0.6 is 0 Å². The van der Waals surface area contributed by atoms with Gasteiger partial charge in [0.1, 0.15) is 22.9 Å². The minimum Gasteiger partial charge on any atom is -0.508 e. The van der Waals surface area contributed by atoms with Crippen LogP contribution < -0.4 is 15.0 Å². The third kappa shape index (κ3) is 5.35. The van der Waals surface area contributed by atoms with E-state index in [0.29, 0.717) is 60.3 Å². The normalized spacial score (nSPS) is 26.7. The summed E-state index contributed by atoms with van der Waals surface area (Å²) < 4.78 is 66.7. The number of nitrogens with one attached hydrogen (secondary N) is 1. The van der Waals surface area contributed by atoms with Gasteiger partial charge in [-0.05, 0) is 73.7 Å². The van der Waals surface area contributed by atoms with E-state index in [1.165, 1.54) is 24.3 Å². The fraction of sp³-hybridized carbons (Fsp3) is 0.474. The second kappa shape index (κ2) is 11.2. The molecule has 5 heterocycles. The predicted octanol–water partition coefficient (Wildman–Crippen LogP) is 6.78. The quantitative estimate of drug-likeness (QED) is 0.166. The van der Waals surface area contributed by atoms with Crippen molar-refractivity contribution in [3.63, 3.8) is 0 Å². The van der Waals surface area contributed by atoms with Gasteiger partial charge >= 0.3 is 6.01 Å². The Morgan fingerprint density at radius 2 is 1.69 bits per heavy atom. The van der Waals surface area contributed by atoms with Crippen molar-refractivity contribution in [1.82, 2.24) is 20.2 Å². The number of terminal acetylenes is 1. The number of fused-ring (bicyclic) bond motifs is 6. The lowest BCUT2D eigenvalue weighted by Gasteiger charge is -2.40. The number of aromatic hydroxyl groups is 1. The maximum atomic E-state index is 16.9. The molecule has 4 aliphatic heterocycles. The van der Waals surface area contributed by atoms with Crippen molar-refractivity contribution in [3.8, 4) is 35.2 Å². The minimum atomic E-state index is -2.60. The fourth-order valence-corrected chi connectivity index (χ4v) is 9.00. The van der Waals surface area contributed by atoms with E-state index >= 15 is 4.39 Å². The second-order valence-corrected chi connectivity index (χ2v) is 15.0. The van der Waals surface area contributed by atoms with Crippen LogP contribution in [0.5, 0.6) is 11.8 Å². The van der Waals surface area contributed by atoms with E-state index in [-0.39, 0.29) is 64.3 Å². The number of phenols is 1. The first-order chi connectivity index (χ1) is 23.6. The molecule has 2 N–H and O–H groups in total. The number of nitrogens with zero attached hydrogens (tertiary/aromatic N) is 4. The molecule has 1 saturated carbocycles. The van der Waals surface area contributed by atoms with Crippen LogP contribution in [0.25, 0.3) is 32.8 Å². The van der Waals surface area contributed by atoms with Crippen LogP contribution in [0.4, 0.5) is 23.4 Å². The van der Waals surface area contributed by atoms with Crippen molar-refractivity contribution in [1.29, 1.82) is 0 Å². The zero-order chi connectivity index (χ0) is 33.7. The van der Waals surface area contributed by atoms with Crippen LogP contribution in [-0.2, 0) is 0 Å². The number of piperidine rings is 1. The number of benzene rings is 3. The number of piperazine rings is 1. The molecule has 0 amide bonds. The fourth-order valence-electron chi connectivity index (χ4n) is 9.00. The molecule has 4 bridgehead atoms. The summed E-state index contributed by atoms with van der Waals surface area (Å²) in [6, 6.07) is 9.42. The van der Waals surface area contributed by atoms with Gasteiger partial charge in [0, 0.05) is 78.4 Å². The summed E-state index contributed by atoms with van der Waals surface area (Å²) in [7, 11) is 0. The highest BCUT2D eigenvalue weighted by atomic mass is 19.3. The van der Waals surface area contributed by atoms with Crippen molar-refractivity contribution in [2.75, 3.05) is 31.1 Å². The van der Waals surface area contributed by atoms with Gasteiger partial charge in [-0.1, -0.05) is 18.1 Å². The van der Waals surface area contributed by atoms with E-state index in [0.717, 1.165) is 38.5 Å². The standard InChI is InChI=1S/C38H37F4N5O2/c1-2-27-31(39)10-3-21-13-26(48)14-30(32(21)27)28-8-9-29-34(33(28)40)44-36(45-35(29)46-17-22-4-5-23(18-46)43-22)49-20-37(11-12-37)19-47-24-6-7-25(47)16-38(41,42)15-24/h1,3,8-10,13-14,22-25,43,48H,4-7,11-12,15-20H2. The summed E-state index contributed by atoms with van der Waals surface area (Å²) in [5.41, 5.74) is 0.221. The number of anilines is 1. The molecular formula is C38H37F4N5O2. The van der Waals surface area contributed by atoms with Crippen molar-refractivity contribution in [2.45, 2.75) is 81.5 Å². The summed E-state index contributed by atoms with van der Waals surface area (Å²) in [5, 5.41) is 15.5. The Balaban J connectivity index is 1.10. The van der Waals surface area contributed by atoms with Gasteiger partial charge in [0.05, 0.1) is 12.2 Å². The molecule has 5 aliphatic rings. The lowest BCUT2D eigenvalue weighted by atomic mass is 9.93. The first-order valence-corrected chi connectivity index (χ1v) is 17.3. The van der Waals surface area contributed by atoms with E-state index in [9.17, 15) is 18.3 Å². The molecule has 4 saturated heterocycles. The number of ether oxygens (including phenoxy) is 1. The molecule has 7 nitrogen and oxygen atoms in total. The molecule has 3 aromatic carbocycles. The highest BCUT2D eigenvalue weighted by Gasteiger charge is 2.54. The molecule has 5 fully saturated rings. The summed E-state index contributed by atoms with van der Waals surface area (Å²) >= 11 is 0. The Morgan fingerprint density at radius 3 is 2.39 bits per heavy atom. The highest BCUT2D eigenvalue weighted by Crippen LogP contribution is 2.51. The molecule has 4 atom stereocenters. The van der Waals surface area contributed by atoms with Crippen LogP contribution in [0, 0.1) is 29.4 Å². The number of halogens is 4. The summed E-state index contributed by atoms with van der Waals surface area (Å²) in [5.74, 6) is -0.994. The Kier molecular flexibility index (Phi) is 7.05. The first-order valence-electron chi connectivity index (χ1n) is 17.3. The molecular weight excluding hydrogens is 634 g/mol. The van der Waals surface area contributed by atoms with E-state index in [4.69, 9.17) is 16.1 Å². The van der Waals surface area contributed by atoms with Crippen molar-refractivity contribution < 1.29 is 27.4 Å². The van der Waals surface area contributed by atoms with Crippen LogP contribution in [-0.4, -0.2) is 76.3 Å². The molecule has 9 rings (SSSR count). The van der Waals surface area contributed by atoms with Crippen molar-refractivity contribution >= 4 is 27.5 Å². The molecule has 1 aliphatic carbocycles. The topological polar surface area (TPSA) is 73.8 Å². The van der Waals surface area contributed by atoms with Gasteiger partial charge in [-0.2, -0.15) is 9.97 Å². The SMILES string of the molecule is C#Cc1c(F)ccc2cc(O)cc(-c3ccc4c(N5CC6CCC(C5)N6)nc(OCC5(CN6C7CCC6CC(F)(F)C7)CC5)nc4c3F)c12. The largest absolute Gasteiger partial charge is 0.508 e. The van der Waals surface area contributed by atoms with Crippen LogP contribution in [0.3, 0.4) is 0 Å². The maximum absolute atomic E-state index is 16.9. The average Bonchev–Trinajstić information content (AvgIpc) is 3.70. The molecule has 254 valence electrons. The monoisotopic (exact) mass is 671 g/mol. The van der Waals surface area contributed by atoms with Gasteiger partial charge in [-0.15, -0.1) is 6.42 Å². The van der Waals surface area contributed by atoms with E-state index in [1.54, 1.807) is 12.1 Å². The Hall–Kier alpha value is -4.14. The van der Waals surface area contributed by atoms with Crippen LogP contribution in [0.15, 0.2) is 36.4 Å². The number of hydrogen-bond donors (Lipinski definition) is 2.